The van der Waals surface area contributed by atoms with Gasteiger partial charge in [-0.15, -0.1) is 5.10 Å². The summed E-state index contributed by atoms with van der Waals surface area (Å²) in [6, 6.07) is 0. The van der Waals surface area contributed by atoms with Crippen LogP contribution in [0.4, 0.5) is 0 Å². The van der Waals surface area contributed by atoms with E-state index in [9.17, 15) is 4.79 Å². The van der Waals surface area contributed by atoms with Crippen molar-refractivity contribution in [2.75, 3.05) is 19.9 Å². The molecule has 0 saturated carbocycles. The predicted molar refractivity (Wildman–Crippen MR) is 68.2 cm³/mol. The standard InChI is InChI=1S/C10H19N5O2S/c1-10(11-2,8(16)17-4)6-5-7-18-9-12-13-14-15(9)3/h11H,5-7H2,1-4H3. The van der Waals surface area contributed by atoms with Crippen LogP contribution >= 0.6 is 11.8 Å². The molecule has 1 unspecified atom stereocenters. The fourth-order valence-electron chi connectivity index (χ4n) is 1.49. The average molecular weight is 273 g/mol. The zero-order valence-corrected chi connectivity index (χ0v) is 12.0. The molecule has 1 aromatic rings. The number of nitrogens with zero attached hydrogens (tertiary/aromatic N) is 4. The number of aryl methyl sites for hydroxylation is 1. The van der Waals surface area contributed by atoms with Crippen molar-refractivity contribution in [3.05, 3.63) is 0 Å². The number of aromatic nitrogens is 4. The van der Waals surface area contributed by atoms with Crippen LogP contribution < -0.4 is 5.32 Å². The minimum absolute atomic E-state index is 0.240. The van der Waals surface area contributed by atoms with Crippen molar-refractivity contribution in [3.8, 4) is 0 Å². The van der Waals surface area contributed by atoms with Crippen molar-refractivity contribution in [2.24, 2.45) is 7.05 Å². The van der Waals surface area contributed by atoms with E-state index >= 15 is 0 Å². The van der Waals surface area contributed by atoms with Gasteiger partial charge in [-0.2, -0.15) is 0 Å². The summed E-state index contributed by atoms with van der Waals surface area (Å²) in [5.74, 6) is 0.609. The Labute approximate surface area is 111 Å². The lowest BCUT2D eigenvalue weighted by Gasteiger charge is -2.25. The molecule has 0 spiro atoms. The summed E-state index contributed by atoms with van der Waals surface area (Å²) in [5, 5.41) is 15.0. The van der Waals surface area contributed by atoms with Crippen LogP contribution in [0.3, 0.4) is 0 Å². The maximum atomic E-state index is 11.6. The number of methoxy groups -OCH3 is 1. The Bertz CT molecular complexity index is 397. The molecule has 0 saturated heterocycles. The van der Waals surface area contributed by atoms with E-state index in [2.05, 4.69) is 20.8 Å². The van der Waals surface area contributed by atoms with Crippen molar-refractivity contribution < 1.29 is 9.53 Å². The van der Waals surface area contributed by atoms with Crippen LogP contribution in [0, 0.1) is 0 Å². The lowest BCUT2D eigenvalue weighted by Crippen LogP contribution is -2.48. The first-order valence-electron chi connectivity index (χ1n) is 5.66. The molecule has 0 radical (unpaired) electrons. The summed E-state index contributed by atoms with van der Waals surface area (Å²) in [5.41, 5.74) is -0.632. The zero-order chi connectivity index (χ0) is 13.6. The number of nitrogens with one attached hydrogen (secondary N) is 1. The first-order chi connectivity index (χ1) is 8.53. The molecule has 7 nitrogen and oxygen atoms in total. The van der Waals surface area contributed by atoms with Crippen LogP contribution in [0.1, 0.15) is 19.8 Å². The highest BCUT2D eigenvalue weighted by Gasteiger charge is 2.31. The molecule has 1 N–H and O–H groups in total. The van der Waals surface area contributed by atoms with Gasteiger partial charge in [0.1, 0.15) is 5.54 Å². The van der Waals surface area contributed by atoms with E-state index in [1.54, 1.807) is 30.5 Å². The molecule has 102 valence electrons. The fourth-order valence-corrected chi connectivity index (χ4v) is 2.28. The van der Waals surface area contributed by atoms with Crippen molar-refractivity contribution in [3.63, 3.8) is 0 Å². The Hall–Kier alpha value is -1.15. The van der Waals surface area contributed by atoms with Gasteiger partial charge >= 0.3 is 5.97 Å². The molecule has 0 aliphatic rings. The smallest absolute Gasteiger partial charge is 0.325 e. The number of rotatable bonds is 7. The molecule has 0 amide bonds. The Morgan fingerprint density at radius 3 is 2.83 bits per heavy atom. The molecule has 0 aromatic carbocycles. The van der Waals surface area contributed by atoms with Gasteiger partial charge < -0.3 is 10.1 Å². The second kappa shape index (κ2) is 6.69. The number of thioether (sulfide) groups is 1. The minimum Gasteiger partial charge on any atom is -0.468 e. The topological polar surface area (TPSA) is 81.9 Å². The number of ether oxygens (including phenoxy) is 1. The van der Waals surface area contributed by atoms with Gasteiger partial charge in [0.25, 0.3) is 0 Å². The second-order valence-electron chi connectivity index (χ2n) is 4.11. The number of tetrazole rings is 1. The molecular formula is C10H19N5O2S. The number of esters is 1. The van der Waals surface area contributed by atoms with Gasteiger partial charge in [0.05, 0.1) is 7.11 Å². The highest BCUT2D eigenvalue weighted by Crippen LogP contribution is 2.19. The fraction of sp³-hybridized carbons (Fsp3) is 0.800. The molecule has 0 aliphatic heterocycles. The van der Waals surface area contributed by atoms with E-state index in [-0.39, 0.29) is 5.97 Å². The Balaban J connectivity index is 2.36. The van der Waals surface area contributed by atoms with Gasteiger partial charge in [-0.05, 0) is 37.2 Å². The average Bonchev–Trinajstić information content (AvgIpc) is 2.79. The Morgan fingerprint density at radius 1 is 1.61 bits per heavy atom. The highest BCUT2D eigenvalue weighted by atomic mass is 32.2. The van der Waals surface area contributed by atoms with E-state index in [0.29, 0.717) is 6.42 Å². The number of carbonyl (C=O) groups excluding carboxylic acids is 1. The van der Waals surface area contributed by atoms with Crippen LogP contribution in [0.15, 0.2) is 5.16 Å². The number of likely N-dealkylation sites (N-methyl/N-ethyl adjacent to an activating group) is 1. The van der Waals surface area contributed by atoms with Gasteiger partial charge in [0.15, 0.2) is 0 Å². The first kappa shape index (κ1) is 14.9. The third kappa shape index (κ3) is 3.67. The van der Waals surface area contributed by atoms with Crippen molar-refractivity contribution in [1.29, 1.82) is 0 Å². The molecule has 1 heterocycles. The molecule has 1 atom stereocenters. The lowest BCUT2D eigenvalue weighted by molar-refractivity contribution is -0.148. The monoisotopic (exact) mass is 273 g/mol. The molecule has 8 heteroatoms. The van der Waals surface area contributed by atoms with Gasteiger partial charge in [0.2, 0.25) is 5.16 Å². The zero-order valence-electron chi connectivity index (χ0n) is 11.1. The molecule has 18 heavy (non-hydrogen) atoms. The van der Waals surface area contributed by atoms with Crippen molar-refractivity contribution >= 4 is 17.7 Å². The van der Waals surface area contributed by atoms with Crippen LogP contribution in [-0.4, -0.2) is 51.6 Å². The van der Waals surface area contributed by atoms with E-state index in [1.807, 2.05) is 6.92 Å². The van der Waals surface area contributed by atoms with E-state index in [0.717, 1.165) is 17.3 Å². The summed E-state index contributed by atoms with van der Waals surface area (Å²) in [6.07, 6.45) is 1.57. The van der Waals surface area contributed by atoms with Gasteiger partial charge in [-0.3, -0.25) is 4.79 Å². The summed E-state index contributed by atoms with van der Waals surface area (Å²) >= 11 is 1.57. The minimum atomic E-state index is -0.632. The van der Waals surface area contributed by atoms with Crippen LogP contribution in [0.5, 0.6) is 0 Å². The van der Waals surface area contributed by atoms with Gasteiger partial charge in [-0.25, -0.2) is 4.68 Å². The summed E-state index contributed by atoms with van der Waals surface area (Å²) in [7, 11) is 4.96. The molecular weight excluding hydrogens is 254 g/mol. The molecule has 0 aliphatic carbocycles. The quantitative estimate of drug-likeness (QED) is 0.433. The number of hydrogen-bond donors (Lipinski definition) is 1. The first-order valence-corrected chi connectivity index (χ1v) is 6.64. The molecule has 1 rings (SSSR count). The molecule has 0 bridgehead atoms. The van der Waals surface area contributed by atoms with Gasteiger partial charge in [0, 0.05) is 12.8 Å². The summed E-state index contributed by atoms with van der Waals surface area (Å²) in [6.45, 7) is 1.84. The van der Waals surface area contributed by atoms with Crippen molar-refractivity contribution in [1.82, 2.24) is 25.5 Å². The van der Waals surface area contributed by atoms with Crippen LogP contribution in [0.25, 0.3) is 0 Å². The maximum Gasteiger partial charge on any atom is 0.325 e. The number of carbonyl (C=O) groups is 1. The molecule has 0 fully saturated rings. The van der Waals surface area contributed by atoms with E-state index in [1.165, 1.54) is 7.11 Å². The van der Waals surface area contributed by atoms with Crippen molar-refractivity contribution in [2.45, 2.75) is 30.5 Å². The van der Waals surface area contributed by atoms with Gasteiger partial charge in [-0.1, -0.05) is 11.8 Å². The molecule has 1 aromatic heterocycles. The third-order valence-electron chi connectivity index (χ3n) is 2.82. The van der Waals surface area contributed by atoms with E-state index in [4.69, 9.17) is 4.74 Å². The summed E-state index contributed by atoms with van der Waals surface area (Å²) in [4.78, 5) is 11.6. The van der Waals surface area contributed by atoms with E-state index < -0.39 is 5.54 Å². The predicted octanol–water partition coefficient (Wildman–Crippen LogP) is 0.233. The van der Waals surface area contributed by atoms with Crippen LogP contribution in [0.2, 0.25) is 0 Å². The SMILES string of the molecule is CNC(C)(CCCSc1nnnn1C)C(=O)OC. The normalized spacial score (nSPS) is 14.2. The Morgan fingerprint density at radius 2 is 2.33 bits per heavy atom. The lowest BCUT2D eigenvalue weighted by atomic mass is 9.97. The Kier molecular flexibility index (Phi) is 5.54. The largest absolute Gasteiger partial charge is 0.468 e. The third-order valence-corrected chi connectivity index (χ3v) is 3.92. The summed E-state index contributed by atoms with van der Waals surface area (Å²) < 4.78 is 6.41. The second-order valence-corrected chi connectivity index (χ2v) is 5.17. The highest BCUT2D eigenvalue weighted by molar-refractivity contribution is 7.99. The van der Waals surface area contributed by atoms with Crippen LogP contribution in [-0.2, 0) is 16.6 Å². The maximum absolute atomic E-state index is 11.6. The number of hydrogen-bond acceptors (Lipinski definition) is 7.